The quantitative estimate of drug-likeness (QED) is 0.846. The van der Waals surface area contributed by atoms with Crippen LogP contribution < -0.4 is 4.74 Å². The highest BCUT2D eigenvalue weighted by atomic mass is 35.5. The zero-order valence-electron chi connectivity index (χ0n) is 15.4. The van der Waals surface area contributed by atoms with E-state index in [0.717, 1.165) is 5.56 Å². The maximum Gasteiger partial charge on any atom is 0.227 e. The molecule has 0 radical (unpaired) electrons. The third-order valence-electron chi connectivity index (χ3n) is 5.84. The van der Waals surface area contributed by atoms with Crippen LogP contribution in [0.15, 0.2) is 48.5 Å². The molecule has 4 atom stereocenters. The van der Waals surface area contributed by atoms with Crippen LogP contribution in [0.3, 0.4) is 0 Å². The van der Waals surface area contributed by atoms with Crippen LogP contribution in [0.25, 0.3) is 0 Å². The normalized spacial score (nSPS) is 26.8. The molecule has 1 saturated carbocycles. The van der Waals surface area contributed by atoms with E-state index in [1.54, 1.807) is 18.2 Å². The molecule has 1 amide bonds. The molecule has 2 aromatic carbocycles. The Labute approximate surface area is 168 Å². The van der Waals surface area contributed by atoms with E-state index in [1.165, 1.54) is 12.1 Å². The van der Waals surface area contributed by atoms with Crippen molar-refractivity contribution < 1.29 is 19.0 Å². The summed E-state index contributed by atoms with van der Waals surface area (Å²) >= 11 is 6.18. The number of aliphatic hydroxyl groups is 1. The van der Waals surface area contributed by atoms with E-state index in [-0.39, 0.29) is 30.2 Å². The third kappa shape index (κ3) is 4.15. The molecule has 1 saturated heterocycles. The first kappa shape index (κ1) is 19.2. The van der Waals surface area contributed by atoms with E-state index < -0.39 is 6.10 Å². The summed E-state index contributed by atoms with van der Waals surface area (Å²) in [7, 11) is 0. The van der Waals surface area contributed by atoms with Gasteiger partial charge < -0.3 is 14.7 Å². The topological polar surface area (TPSA) is 49.8 Å². The highest BCUT2D eigenvalue weighted by Gasteiger charge is 2.43. The number of carbonyl (C=O) groups is 1. The van der Waals surface area contributed by atoms with Crippen LogP contribution in [0.2, 0.25) is 5.02 Å². The Morgan fingerprint density at radius 2 is 1.79 bits per heavy atom. The lowest BCUT2D eigenvalue weighted by Crippen LogP contribution is -2.42. The molecule has 28 heavy (non-hydrogen) atoms. The Hall–Kier alpha value is -2.11. The van der Waals surface area contributed by atoms with Gasteiger partial charge in [0.25, 0.3) is 0 Å². The molecule has 2 fully saturated rings. The number of halogens is 2. The summed E-state index contributed by atoms with van der Waals surface area (Å²) in [5.74, 6) is 0.865. The van der Waals surface area contributed by atoms with Crippen LogP contribution in [0.5, 0.6) is 5.75 Å². The Balaban J connectivity index is 1.37. The van der Waals surface area contributed by atoms with Gasteiger partial charge in [0.1, 0.15) is 17.7 Å². The fraction of sp³-hybridized carbons (Fsp3) is 0.409. The van der Waals surface area contributed by atoms with E-state index in [9.17, 15) is 14.3 Å². The fourth-order valence-corrected chi connectivity index (χ4v) is 4.53. The molecular formula is C22H23ClFNO3. The van der Waals surface area contributed by atoms with Crippen molar-refractivity contribution in [2.75, 3.05) is 13.1 Å². The third-order valence-corrected chi connectivity index (χ3v) is 6.21. The van der Waals surface area contributed by atoms with Crippen LogP contribution in [0.1, 0.15) is 18.4 Å². The van der Waals surface area contributed by atoms with E-state index in [4.69, 9.17) is 16.3 Å². The molecule has 4 nitrogen and oxygen atoms in total. The van der Waals surface area contributed by atoms with Crippen molar-refractivity contribution in [2.24, 2.45) is 11.8 Å². The van der Waals surface area contributed by atoms with Crippen LogP contribution in [0, 0.1) is 17.7 Å². The highest BCUT2D eigenvalue weighted by Crippen LogP contribution is 2.38. The predicted octanol–water partition coefficient (Wildman–Crippen LogP) is 3.70. The van der Waals surface area contributed by atoms with Gasteiger partial charge in [-0.25, -0.2) is 4.39 Å². The van der Waals surface area contributed by atoms with E-state index >= 15 is 0 Å². The van der Waals surface area contributed by atoms with Crippen molar-refractivity contribution in [1.82, 2.24) is 4.90 Å². The lowest BCUT2D eigenvalue weighted by atomic mass is 9.78. The first-order valence-electron chi connectivity index (χ1n) is 9.61. The van der Waals surface area contributed by atoms with Gasteiger partial charge in [-0.1, -0.05) is 29.8 Å². The van der Waals surface area contributed by atoms with Gasteiger partial charge >= 0.3 is 0 Å². The van der Waals surface area contributed by atoms with Crippen LogP contribution >= 0.6 is 11.6 Å². The predicted molar refractivity (Wildman–Crippen MR) is 105 cm³/mol. The Kier molecular flexibility index (Phi) is 5.56. The largest absolute Gasteiger partial charge is 0.488 e. The number of hydrogen-bond donors (Lipinski definition) is 1. The molecule has 0 aromatic heterocycles. The first-order chi connectivity index (χ1) is 13.5. The zero-order valence-corrected chi connectivity index (χ0v) is 16.2. The van der Waals surface area contributed by atoms with Gasteiger partial charge in [0.05, 0.1) is 12.5 Å². The number of nitrogens with zero attached hydrogens (tertiary/aromatic N) is 1. The summed E-state index contributed by atoms with van der Waals surface area (Å²) in [6.07, 6.45) is 0.637. The number of fused-ring (bicyclic) bond motifs is 1. The molecule has 0 bridgehead atoms. The highest BCUT2D eigenvalue weighted by molar-refractivity contribution is 6.31. The Bertz CT molecular complexity index is 844. The SMILES string of the molecule is O=C(Cc1ccccc1Cl)N1C[C@H]2C[C@@H](Oc3ccc(F)cc3)[C@H](O)C[C@H]2C1. The molecule has 1 heterocycles. The molecule has 1 N–H and O–H groups in total. The summed E-state index contributed by atoms with van der Waals surface area (Å²) in [6.45, 7) is 1.33. The molecule has 1 aliphatic heterocycles. The van der Waals surface area contributed by atoms with Crippen molar-refractivity contribution in [3.63, 3.8) is 0 Å². The van der Waals surface area contributed by atoms with Gasteiger partial charge in [-0.3, -0.25) is 4.79 Å². The maximum absolute atomic E-state index is 13.1. The van der Waals surface area contributed by atoms with Crippen LogP contribution in [0.4, 0.5) is 4.39 Å². The number of benzene rings is 2. The molecular weight excluding hydrogens is 381 g/mol. The summed E-state index contributed by atoms with van der Waals surface area (Å²) in [6, 6.07) is 13.2. The number of likely N-dealkylation sites (tertiary alicyclic amines) is 1. The standard InChI is InChI=1S/C22H23ClFNO3/c23-19-4-2-1-3-14(19)11-22(27)25-12-15-9-20(26)21(10-16(15)13-25)28-18-7-5-17(24)6-8-18/h1-8,15-16,20-21,26H,9-13H2/t15-,16+,20+,21+/m0/s1. The average Bonchev–Trinajstić information content (AvgIpc) is 3.08. The molecule has 148 valence electrons. The van der Waals surface area contributed by atoms with Crippen LogP contribution in [-0.4, -0.2) is 41.2 Å². The van der Waals surface area contributed by atoms with Crippen molar-refractivity contribution in [3.8, 4) is 5.75 Å². The lowest BCUT2D eigenvalue weighted by molar-refractivity contribution is -0.129. The summed E-state index contributed by atoms with van der Waals surface area (Å²) < 4.78 is 19.0. The van der Waals surface area contributed by atoms with Gasteiger partial charge in [0, 0.05) is 18.1 Å². The van der Waals surface area contributed by atoms with Crippen molar-refractivity contribution in [2.45, 2.75) is 31.5 Å². The smallest absolute Gasteiger partial charge is 0.227 e. The van der Waals surface area contributed by atoms with Gasteiger partial charge in [0.15, 0.2) is 0 Å². The van der Waals surface area contributed by atoms with E-state index in [2.05, 4.69) is 0 Å². The first-order valence-corrected chi connectivity index (χ1v) is 9.99. The lowest BCUT2D eigenvalue weighted by Gasteiger charge is -2.35. The molecule has 2 aliphatic rings. The second-order valence-electron chi connectivity index (χ2n) is 7.74. The van der Waals surface area contributed by atoms with Crippen molar-refractivity contribution in [3.05, 3.63) is 64.9 Å². The van der Waals surface area contributed by atoms with Gasteiger partial charge in [-0.2, -0.15) is 0 Å². The average molecular weight is 404 g/mol. The second-order valence-corrected chi connectivity index (χ2v) is 8.14. The van der Waals surface area contributed by atoms with Gasteiger partial charge in [-0.05, 0) is 60.6 Å². The number of aliphatic hydroxyl groups excluding tert-OH is 1. The molecule has 2 aromatic rings. The van der Waals surface area contributed by atoms with E-state index in [0.29, 0.717) is 42.6 Å². The van der Waals surface area contributed by atoms with Crippen LogP contribution in [-0.2, 0) is 11.2 Å². The minimum atomic E-state index is -0.593. The number of ether oxygens (including phenoxy) is 1. The zero-order chi connectivity index (χ0) is 19.7. The molecule has 1 aliphatic carbocycles. The number of hydrogen-bond acceptors (Lipinski definition) is 3. The molecule has 6 heteroatoms. The van der Waals surface area contributed by atoms with E-state index in [1.807, 2.05) is 23.1 Å². The second kappa shape index (κ2) is 8.10. The fourth-order valence-electron chi connectivity index (χ4n) is 4.32. The number of rotatable bonds is 4. The summed E-state index contributed by atoms with van der Waals surface area (Å²) in [5, 5.41) is 11.1. The van der Waals surface area contributed by atoms with Gasteiger partial charge in [-0.15, -0.1) is 0 Å². The molecule has 4 rings (SSSR count). The summed E-state index contributed by atoms with van der Waals surface area (Å²) in [4.78, 5) is 14.6. The minimum Gasteiger partial charge on any atom is -0.488 e. The Morgan fingerprint density at radius 3 is 2.50 bits per heavy atom. The number of carbonyl (C=O) groups excluding carboxylic acids is 1. The van der Waals surface area contributed by atoms with Crippen molar-refractivity contribution >= 4 is 17.5 Å². The molecule has 0 unspecified atom stereocenters. The van der Waals surface area contributed by atoms with Gasteiger partial charge in [0.2, 0.25) is 5.91 Å². The van der Waals surface area contributed by atoms with Crippen molar-refractivity contribution in [1.29, 1.82) is 0 Å². The molecule has 0 spiro atoms. The number of amides is 1. The summed E-state index contributed by atoms with van der Waals surface area (Å²) in [5.41, 5.74) is 0.835. The maximum atomic E-state index is 13.1. The Morgan fingerprint density at radius 1 is 1.11 bits per heavy atom. The minimum absolute atomic E-state index is 0.0630. The monoisotopic (exact) mass is 403 g/mol.